The molecule has 3 aromatic rings. The van der Waals surface area contributed by atoms with Crippen LogP contribution < -0.4 is 0 Å². The predicted octanol–water partition coefficient (Wildman–Crippen LogP) is 3.63. The van der Waals surface area contributed by atoms with E-state index in [1.54, 1.807) is 48.5 Å². The number of halogens is 1. The van der Waals surface area contributed by atoms with Crippen molar-refractivity contribution in [1.29, 1.82) is 5.26 Å². The summed E-state index contributed by atoms with van der Waals surface area (Å²) in [6.07, 6.45) is 0. The van der Waals surface area contributed by atoms with Gasteiger partial charge in [0.1, 0.15) is 11.8 Å². The molecule has 4 nitrogen and oxygen atoms in total. The topological polar surface area (TPSA) is 66.0 Å². The zero-order valence-electron chi connectivity index (χ0n) is 10.7. The minimum Gasteiger partial charge on any atom is -0.428 e. The number of carbonyl (C=O) groups is 1. The molecule has 0 spiro atoms. The highest BCUT2D eigenvalue weighted by Crippen LogP contribution is 2.28. The van der Waals surface area contributed by atoms with Crippen molar-refractivity contribution in [2.75, 3.05) is 0 Å². The maximum Gasteiger partial charge on any atom is 0.214 e. The molecule has 1 aromatic heterocycles. The lowest BCUT2D eigenvalue weighted by molar-refractivity contribution is 0.0991. The van der Waals surface area contributed by atoms with Gasteiger partial charge in [0.25, 0.3) is 0 Å². The minimum absolute atomic E-state index is 0.0547. The largest absolute Gasteiger partial charge is 0.428 e. The van der Waals surface area contributed by atoms with Crippen molar-refractivity contribution in [3.05, 3.63) is 70.4 Å². The number of nitrogens with zero attached hydrogens (tertiary/aromatic N) is 2. The first kappa shape index (κ1) is 13.2. The third-order valence-corrected chi connectivity index (χ3v) is 3.50. The van der Waals surface area contributed by atoms with E-state index in [0.717, 1.165) is 4.73 Å². The molecule has 0 saturated heterocycles. The summed E-state index contributed by atoms with van der Waals surface area (Å²) in [6, 6.07) is 15.2. The zero-order chi connectivity index (χ0) is 15.0. The third kappa shape index (κ3) is 2.04. The van der Waals surface area contributed by atoms with Crippen molar-refractivity contribution >= 4 is 28.3 Å². The van der Waals surface area contributed by atoms with Gasteiger partial charge in [-0.15, -0.1) is 0 Å². The summed E-state index contributed by atoms with van der Waals surface area (Å²) in [5.74, 6) is -0.415. The Bertz CT molecular complexity index is 892. The summed E-state index contributed by atoms with van der Waals surface area (Å²) in [4.78, 5) is 12.5. The Labute approximate surface area is 125 Å². The lowest BCUT2D eigenvalue weighted by atomic mass is 10.0. The SMILES string of the molecule is N#Cc1c(C(=O)c2ccccc2)n(O)c2ccc(Cl)cc12. The van der Waals surface area contributed by atoms with Gasteiger partial charge in [0.2, 0.25) is 5.78 Å². The molecule has 0 aliphatic rings. The van der Waals surface area contributed by atoms with Crippen LogP contribution in [0.1, 0.15) is 21.6 Å². The number of rotatable bonds is 2. The van der Waals surface area contributed by atoms with Gasteiger partial charge in [0.05, 0.1) is 11.1 Å². The molecule has 0 fully saturated rings. The van der Waals surface area contributed by atoms with Crippen molar-refractivity contribution in [2.24, 2.45) is 0 Å². The minimum atomic E-state index is -0.415. The van der Waals surface area contributed by atoms with E-state index in [4.69, 9.17) is 11.6 Å². The van der Waals surface area contributed by atoms with Gasteiger partial charge in [-0.2, -0.15) is 9.99 Å². The maximum absolute atomic E-state index is 12.5. The van der Waals surface area contributed by atoms with Crippen LogP contribution >= 0.6 is 11.6 Å². The maximum atomic E-state index is 12.5. The zero-order valence-corrected chi connectivity index (χ0v) is 11.5. The van der Waals surface area contributed by atoms with Crippen LogP contribution in [0.4, 0.5) is 0 Å². The summed E-state index contributed by atoms with van der Waals surface area (Å²) in [5, 5.41) is 20.5. The van der Waals surface area contributed by atoms with E-state index in [1.165, 1.54) is 0 Å². The molecule has 0 atom stereocenters. The first-order valence-corrected chi connectivity index (χ1v) is 6.54. The average Bonchev–Trinajstić information content (AvgIpc) is 2.79. The Morgan fingerprint density at radius 3 is 2.57 bits per heavy atom. The average molecular weight is 297 g/mol. The molecule has 2 aromatic carbocycles. The number of hydrogen-bond acceptors (Lipinski definition) is 3. The Morgan fingerprint density at radius 1 is 1.19 bits per heavy atom. The van der Waals surface area contributed by atoms with Gasteiger partial charge in [-0.05, 0) is 18.2 Å². The van der Waals surface area contributed by atoms with E-state index in [9.17, 15) is 15.3 Å². The van der Waals surface area contributed by atoms with Gasteiger partial charge in [0.15, 0.2) is 0 Å². The Hall–Kier alpha value is -2.77. The fraction of sp³-hybridized carbons (Fsp3) is 0. The van der Waals surface area contributed by atoms with Gasteiger partial charge in [-0.25, -0.2) is 0 Å². The smallest absolute Gasteiger partial charge is 0.214 e. The third-order valence-electron chi connectivity index (χ3n) is 3.27. The molecule has 3 rings (SSSR count). The van der Waals surface area contributed by atoms with E-state index >= 15 is 0 Å². The van der Waals surface area contributed by atoms with Gasteiger partial charge in [0, 0.05) is 16.0 Å². The highest BCUT2D eigenvalue weighted by atomic mass is 35.5. The fourth-order valence-electron chi connectivity index (χ4n) is 2.30. The quantitative estimate of drug-likeness (QED) is 0.580. The number of aromatic nitrogens is 1. The number of fused-ring (bicyclic) bond motifs is 1. The first-order chi connectivity index (χ1) is 10.1. The normalized spacial score (nSPS) is 10.5. The van der Waals surface area contributed by atoms with Gasteiger partial charge >= 0.3 is 0 Å². The molecule has 102 valence electrons. The molecule has 5 heteroatoms. The molecule has 1 heterocycles. The first-order valence-electron chi connectivity index (χ1n) is 6.16. The van der Waals surface area contributed by atoms with Gasteiger partial charge in [-0.1, -0.05) is 41.9 Å². The predicted molar refractivity (Wildman–Crippen MR) is 78.7 cm³/mol. The summed E-state index contributed by atoms with van der Waals surface area (Å²) in [5.41, 5.74) is 0.832. The number of hydrogen-bond donors (Lipinski definition) is 1. The van der Waals surface area contributed by atoms with E-state index in [2.05, 4.69) is 0 Å². The Balaban J connectivity index is 2.31. The van der Waals surface area contributed by atoms with Gasteiger partial charge < -0.3 is 5.21 Å². The second-order valence-corrected chi connectivity index (χ2v) is 4.94. The molecule has 1 N–H and O–H groups in total. The fourth-order valence-corrected chi connectivity index (χ4v) is 2.47. The molecular weight excluding hydrogens is 288 g/mol. The number of benzene rings is 2. The van der Waals surface area contributed by atoms with E-state index in [-0.39, 0.29) is 11.3 Å². The molecule has 0 radical (unpaired) electrons. The van der Waals surface area contributed by atoms with E-state index in [0.29, 0.717) is 21.5 Å². The summed E-state index contributed by atoms with van der Waals surface area (Å²) in [6.45, 7) is 0. The number of carbonyl (C=O) groups excluding carboxylic acids is 1. The number of ketones is 1. The van der Waals surface area contributed by atoms with E-state index < -0.39 is 5.78 Å². The lowest BCUT2D eigenvalue weighted by Gasteiger charge is -2.02. The highest BCUT2D eigenvalue weighted by Gasteiger charge is 2.24. The molecular formula is C16H9ClN2O2. The molecule has 0 unspecified atom stereocenters. The van der Waals surface area contributed by atoms with Crippen LogP contribution in [0.5, 0.6) is 0 Å². The van der Waals surface area contributed by atoms with Crippen molar-refractivity contribution in [1.82, 2.24) is 4.73 Å². The van der Waals surface area contributed by atoms with Crippen LogP contribution in [0.2, 0.25) is 5.02 Å². The second kappa shape index (κ2) is 4.97. The van der Waals surface area contributed by atoms with Gasteiger partial charge in [-0.3, -0.25) is 4.79 Å². The molecule has 0 aliphatic carbocycles. The standard InChI is InChI=1S/C16H9ClN2O2/c17-11-6-7-14-12(8-11)13(9-18)15(19(14)21)16(20)10-4-2-1-3-5-10/h1-8,21H. The monoisotopic (exact) mass is 296 g/mol. The molecule has 0 aliphatic heterocycles. The van der Waals surface area contributed by atoms with Crippen LogP contribution in [0, 0.1) is 11.3 Å². The van der Waals surface area contributed by atoms with Crippen LogP contribution in [0.3, 0.4) is 0 Å². The highest BCUT2D eigenvalue weighted by molar-refractivity contribution is 6.31. The molecule has 0 saturated carbocycles. The molecule has 0 bridgehead atoms. The Morgan fingerprint density at radius 2 is 1.90 bits per heavy atom. The lowest BCUT2D eigenvalue weighted by Crippen LogP contribution is -2.09. The van der Waals surface area contributed by atoms with Crippen molar-refractivity contribution < 1.29 is 10.0 Å². The molecule has 21 heavy (non-hydrogen) atoms. The summed E-state index contributed by atoms with van der Waals surface area (Å²) >= 11 is 5.92. The molecule has 0 amide bonds. The summed E-state index contributed by atoms with van der Waals surface area (Å²) < 4.78 is 0.750. The van der Waals surface area contributed by atoms with Crippen LogP contribution in [0.15, 0.2) is 48.5 Å². The summed E-state index contributed by atoms with van der Waals surface area (Å²) in [7, 11) is 0. The van der Waals surface area contributed by atoms with Crippen LogP contribution in [-0.4, -0.2) is 15.7 Å². The van der Waals surface area contributed by atoms with Crippen molar-refractivity contribution in [3.63, 3.8) is 0 Å². The second-order valence-electron chi connectivity index (χ2n) is 4.50. The van der Waals surface area contributed by atoms with Crippen molar-refractivity contribution in [2.45, 2.75) is 0 Å². The van der Waals surface area contributed by atoms with E-state index in [1.807, 2.05) is 6.07 Å². The van der Waals surface area contributed by atoms with Crippen molar-refractivity contribution in [3.8, 4) is 6.07 Å². The Kier molecular flexibility index (Phi) is 3.13. The number of nitriles is 1. The van der Waals surface area contributed by atoms with Crippen LogP contribution in [-0.2, 0) is 0 Å². The van der Waals surface area contributed by atoms with Crippen LogP contribution in [0.25, 0.3) is 10.9 Å².